The van der Waals surface area contributed by atoms with Crippen LogP contribution in [-0.2, 0) is 4.79 Å². The average Bonchev–Trinajstić information content (AvgIpc) is 3.13. The van der Waals surface area contributed by atoms with E-state index in [2.05, 4.69) is 20.4 Å². The Morgan fingerprint density at radius 1 is 1.25 bits per heavy atom. The van der Waals surface area contributed by atoms with E-state index in [1.807, 2.05) is 0 Å². The van der Waals surface area contributed by atoms with Crippen LogP contribution >= 0.6 is 0 Å². The highest BCUT2D eigenvalue weighted by Gasteiger charge is 2.19. The monoisotopic (exact) mass is 274 g/mol. The van der Waals surface area contributed by atoms with E-state index >= 15 is 0 Å². The molecule has 2 aromatic rings. The minimum absolute atomic E-state index is 0.00263. The molecule has 0 radical (unpaired) electrons. The van der Waals surface area contributed by atoms with Crippen molar-refractivity contribution in [3.05, 3.63) is 24.3 Å². The highest BCUT2D eigenvalue weighted by Crippen LogP contribution is 2.07. The number of carbonyl (C=O) groups excluding carboxylic acids is 2. The minimum atomic E-state index is -0.365. The predicted molar refractivity (Wildman–Crippen MR) is 68.9 cm³/mol. The summed E-state index contributed by atoms with van der Waals surface area (Å²) >= 11 is 0. The van der Waals surface area contributed by atoms with Gasteiger partial charge in [-0.3, -0.25) is 9.59 Å². The Labute approximate surface area is 114 Å². The second-order valence-electron chi connectivity index (χ2n) is 4.57. The van der Waals surface area contributed by atoms with E-state index in [0.717, 1.165) is 25.9 Å². The molecule has 1 N–H and O–H groups in total. The SMILES string of the molecule is O=C(NCC(=O)N1CCCC1)c1ccnc2ncnn12. The fourth-order valence-corrected chi connectivity index (χ4v) is 2.24. The van der Waals surface area contributed by atoms with E-state index in [1.165, 1.54) is 23.1 Å². The highest BCUT2D eigenvalue weighted by atomic mass is 16.2. The molecule has 0 bridgehead atoms. The maximum absolute atomic E-state index is 12.1. The summed E-state index contributed by atoms with van der Waals surface area (Å²) in [5.41, 5.74) is 0.307. The number of nitrogens with one attached hydrogen (secondary N) is 1. The van der Waals surface area contributed by atoms with Crippen molar-refractivity contribution >= 4 is 17.6 Å². The van der Waals surface area contributed by atoms with Crippen LogP contribution in [0, 0.1) is 0 Å². The molecule has 2 amide bonds. The topological polar surface area (TPSA) is 92.5 Å². The number of aromatic nitrogens is 4. The number of fused-ring (bicyclic) bond motifs is 1. The van der Waals surface area contributed by atoms with Crippen LogP contribution in [0.15, 0.2) is 18.6 Å². The zero-order valence-electron chi connectivity index (χ0n) is 10.8. The van der Waals surface area contributed by atoms with E-state index in [1.54, 1.807) is 4.90 Å². The average molecular weight is 274 g/mol. The van der Waals surface area contributed by atoms with E-state index in [0.29, 0.717) is 11.5 Å². The van der Waals surface area contributed by atoms with Crippen LogP contribution < -0.4 is 5.32 Å². The van der Waals surface area contributed by atoms with Gasteiger partial charge < -0.3 is 10.2 Å². The molecule has 20 heavy (non-hydrogen) atoms. The summed E-state index contributed by atoms with van der Waals surface area (Å²) in [4.78, 5) is 33.6. The lowest BCUT2D eigenvalue weighted by molar-refractivity contribution is -0.129. The lowest BCUT2D eigenvalue weighted by atomic mass is 10.3. The molecule has 0 aliphatic carbocycles. The van der Waals surface area contributed by atoms with E-state index in [9.17, 15) is 9.59 Å². The molecular weight excluding hydrogens is 260 g/mol. The third kappa shape index (κ3) is 2.31. The molecule has 3 heterocycles. The Morgan fingerprint density at radius 2 is 2.05 bits per heavy atom. The first-order valence-corrected chi connectivity index (χ1v) is 6.46. The first kappa shape index (κ1) is 12.5. The Kier molecular flexibility index (Phi) is 3.28. The molecule has 0 unspecified atom stereocenters. The highest BCUT2D eigenvalue weighted by molar-refractivity contribution is 5.95. The predicted octanol–water partition coefficient (Wildman–Crippen LogP) is -0.524. The summed E-state index contributed by atoms with van der Waals surface area (Å²) in [5, 5.41) is 6.54. The van der Waals surface area contributed by atoms with Crippen molar-refractivity contribution in [3.63, 3.8) is 0 Å². The molecule has 1 aliphatic heterocycles. The molecule has 0 atom stereocenters. The number of rotatable bonds is 3. The van der Waals surface area contributed by atoms with Crippen molar-refractivity contribution in [3.8, 4) is 0 Å². The van der Waals surface area contributed by atoms with Crippen molar-refractivity contribution in [1.82, 2.24) is 29.8 Å². The third-order valence-corrected chi connectivity index (χ3v) is 3.27. The van der Waals surface area contributed by atoms with Gasteiger partial charge >= 0.3 is 0 Å². The van der Waals surface area contributed by atoms with Crippen LogP contribution in [0.25, 0.3) is 5.78 Å². The summed E-state index contributed by atoms with van der Waals surface area (Å²) in [6, 6.07) is 1.54. The van der Waals surface area contributed by atoms with Crippen LogP contribution in [-0.4, -0.2) is 55.9 Å². The Morgan fingerprint density at radius 3 is 2.85 bits per heavy atom. The lowest BCUT2D eigenvalue weighted by Crippen LogP contribution is -2.39. The number of hydrogen-bond donors (Lipinski definition) is 1. The normalized spacial score (nSPS) is 14.7. The molecule has 0 saturated carbocycles. The van der Waals surface area contributed by atoms with Gasteiger partial charge in [-0.15, -0.1) is 0 Å². The summed E-state index contributed by atoms with van der Waals surface area (Å²) in [6.07, 6.45) is 4.88. The molecule has 8 heteroatoms. The Balaban J connectivity index is 1.67. The summed E-state index contributed by atoms with van der Waals surface area (Å²) in [6.45, 7) is 1.55. The number of nitrogens with zero attached hydrogens (tertiary/aromatic N) is 5. The first-order chi connectivity index (χ1) is 9.75. The standard InChI is InChI=1S/C12H14N6O2/c19-10(17-5-1-2-6-17)7-14-11(20)9-3-4-13-12-15-8-16-18(9)12/h3-4,8H,1-2,5-7H2,(H,14,20). The maximum atomic E-state index is 12.1. The first-order valence-electron chi connectivity index (χ1n) is 6.46. The van der Waals surface area contributed by atoms with Crippen LogP contribution in [0.5, 0.6) is 0 Å². The third-order valence-electron chi connectivity index (χ3n) is 3.27. The number of amides is 2. The van der Waals surface area contributed by atoms with Crippen LogP contribution in [0.3, 0.4) is 0 Å². The zero-order chi connectivity index (χ0) is 13.9. The summed E-state index contributed by atoms with van der Waals surface area (Å²) in [5.74, 6) is -0.0706. The van der Waals surface area contributed by atoms with Gasteiger partial charge in [-0.1, -0.05) is 0 Å². The lowest BCUT2D eigenvalue weighted by Gasteiger charge is -2.15. The van der Waals surface area contributed by atoms with E-state index in [-0.39, 0.29) is 18.4 Å². The second kappa shape index (κ2) is 5.24. The molecular formula is C12H14N6O2. The van der Waals surface area contributed by atoms with Crippen molar-refractivity contribution in [1.29, 1.82) is 0 Å². The Bertz CT molecular complexity index is 646. The minimum Gasteiger partial charge on any atom is -0.342 e. The van der Waals surface area contributed by atoms with Gasteiger partial charge in [0.25, 0.3) is 11.7 Å². The van der Waals surface area contributed by atoms with Crippen LogP contribution in [0.4, 0.5) is 0 Å². The summed E-state index contributed by atoms with van der Waals surface area (Å²) < 4.78 is 1.34. The largest absolute Gasteiger partial charge is 0.342 e. The van der Waals surface area contributed by atoms with E-state index in [4.69, 9.17) is 0 Å². The van der Waals surface area contributed by atoms with Gasteiger partial charge in [0.1, 0.15) is 12.0 Å². The number of carbonyl (C=O) groups is 2. The van der Waals surface area contributed by atoms with Gasteiger partial charge in [0.15, 0.2) is 0 Å². The van der Waals surface area contributed by atoms with Gasteiger partial charge in [0.2, 0.25) is 5.91 Å². The molecule has 8 nitrogen and oxygen atoms in total. The van der Waals surface area contributed by atoms with Crippen LogP contribution in [0.2, 0.25) is 0 Å². The van der Waals surface area contributed by atoms with E-state index < -0.39 is 0 Å². The molecule has 0 spiro atoms. The molecule has 1 fully saturated rings. The van der Waals surface area contributed by atoms with Crippen molar-refractivity contribution in [2.75, 3.05) is 19.6 Å². The Hall–Kier alpha value is -2.51. The molecule has 104 valence electrons. The van der Waals surface area contributed by atoms with Gasteiger partial charge in [0.05, 0.1) is 6.54 Å². The van der Waals surface area contributed by atoms with Crippen LogP contribution in [0.1, 0.15) is 23.3 Å². The van der Waals surface area contributed by atoms with Gasteiger partial charge in [-0.05, 0) is 18.9 Å². The maximum Gasteiger partial charge on any atom is 0.270 e. The molecule has 0 aromatic carbocycles. The molecule has 2 aromatic heterocycles. The smallest absolute Gasteiger partial charge is 0.270 e. The van der Waals surface area contributed by atoms with Gasteiger partial charge in [0, 0.05) is 19.3 Å². The number of hydrogen-bond acceptors (Lipinski definition) is 5. The molecule has 1 aliphatic rings. The van der Waals surface area contributed by atoms with Gasteiger partial charge in [-0.2, -0.15) is 14.6 Å². The molecule has 1 saturated heterocycles. The number of likely N-dealkylation sites (tertiary alicyclic amines) is 1. The zero-order valence-corrected chi connectivity index (χ0v) is 10.8. The van der Waals surface area contributed by atoms with Gasteiger partial charge in [-0.25, -0.2) is 4.98 Å². The quantitative estimate of drug-likeness (QED) is 0.812. The summed E-state index contributed by atoms with van der Waals surface area (Å²) in [7, 11) is 0. The fourth-order valence-electron chi connectivity index (χ4n) is 2.24. The second-order valence-corrected chi connectivity index (χ2v) is 4.57. The van der Waals surface area contributed by atoms with Crippen molar-refractivity contribution in [2.45, 2.75) is 12.8 Å². The fraction of sp³-hybridized carbons (Fsp3) is 0.417. The van der Waals surface area contributed by atoms with Crippen molar-refractivity contribution < 1.29 is 9.59 Å². The molecule has 3 rings (SSSR count). The van der Waals surface area contributed by atoms with Crippen molar-refractivity contribution in [2.24, 2.45) is 0 Å².